The molecule has 2 unspecified atom stereocenters. The number of hydrogen-bond acceptors (Lipinski definition) is 3. The minimum atomic E-state index is 0.239. The number of aryl methyl sites for hydroxylation is 1. The SMILES string of the molecule is Cc1cccc(C(NN)C2(C)CCCS2)c1. The van der Waals surface area contributed by atoms with Crippen molar-refractivity contribution >= 4 is 11.8 Å². The summed E-state index contributed by atoms with van der Waals surface area (Å²) in [5.74, 6) is 7.01. The van der Waals surface area contributed by atoms with E-state index < -0.39 is 0 Å². The third-order valence-electron chi connectivity index (χ3n) is 3.40. The molecule has 0 bridgehead atoms. The maximum atomic E-state index is 5.76. The van der Waals surface area contributed by atoms with Crippen molar-refractivity contribution in [3.63, 3.8) is 0 Å². The first-order valence-electron chi connectivity index (χ1n) is 5.82. The highest BCUT2D eigenvalue weighted by Gasteiger charge is 2.38. The molecule has 0 saturated carbocycles. The van der Waals surface area contributed by atoms with Crippen LogP contribution in [0.3, 0.4) is 0 Å². The van der Waals surface area contributed by atoms with Crippen molar-refractivity contribution in [3.05, 3.63) is 35.4 Å². The Kier molecular flexibility index (Phi) is 3.57. The highest BCUT2D eigenvalue weighted by atomic mass is 32.2. The molecule has 1 aromatic rings. The zero-order valence-electron chi connectivity index (χ0n) is 9.99. The van der Waals surface area contributed by atoms with Crippen LogP contribution in [-0.2, 0) is 0 Å². The molecule has 0 spiro atoms. The third kappa shape index (κ3) is 2.26. The average molecular weight is 236 g/mol. The highest BCUT2D eigenvalue weighted by Crippen LogP contribution is 2.46. The molecule has 1 aliphatic rings. The number of nitrogens with one attached hydrogen (secondary N) is 1. The summed E-state index contributed by atoms with van der Waals surface area (Å²) in [5.41, 5.74) is 5.61. The van der Waals surface area contributed by atoms with Gasteiger partial charge in [0.15, 0.2) is 0 Å². The van der Waals surface area contributed by atoms with Crippen LogP contribution in [0.2, 0.25) is 0 Å². The van der Waals surface area contributed by atoms with Gasteiger partial charge in [-0.3, -0.25) is 11.3 Å². The first-order chi connectivity index (χ1) is 7.65. The van der Waals surface area contributed by atoms with E-state index in [4.69, 9.17) is 5.84 Å². The van der Waals surface area contributed by atoms with Crippen molar-refractivity contribution in [1.82, 2.24) is 5.43 Å². The summed E-state index contributed by atoms with van der Waals surface area (Å²) in [4.78, 5) is 0. The van der Waals surface area contributed by atoms with E-state index in [2.05, 4.69) is 43.5 Å². The van der Waals surface area contributed by atoms with Gasteiger partial charge in [-0.15, -0.1) is 0 Å². The molecule has 2 atom stereocenters. The Balaban J connectivity index is 2.28. The summed E-state index contributed by atoms with van der Waals surface area (Å²) in [7, 11) is 0. The second-order valence-electron chi connectivity index (χ2n) is 4.78. The average Bonchev–Trinajstić information content (AvgIpc) is 2.67. The van der Waals surface area contributed by atoms with Gasteiger partial charge in [-0.05, 0) is 38.0 Å². The molecule has 0 radical (unpaired) electrons. The molecule has 1 heterocycles. The van der Waals surface area contributed by atoms with Crippen LogP contribution in [0.1, 0.15) is 36.9 Å². The molecule has 1 aliphatic heterocycles. The first-order valence-corrected chi connectivity index (χ1v) is 6.81. The van der Waals surface area contributed by atoms with E-state index >= 15 is 0 Å². The molecule has 0 aliphatic carbocycles. The lowest BCUT2D eigenvalue weighted by atomic mass is 9.90. The number of nitrogens with two attached hydrogens (primary N) is 1. The number of hydrogen-bond donors (Lipinski definition) is 2. The summed E-state index contributed by atoms with van der Waals surface area (Å²) in [6.45, 7) is 4.44. The monoisotopic (exact) mass is 236 g/mol. The third-order valence-corrected chi connectivity index (χ3v) is 4.99. The van der Waals surface area contributed by atoms with E-state index in [1.807, 2.05) is 11.8 Å². The number of thioether (sulfide) groups is 1. The first kappa shape index (κ1) is 12.0. The van der Waals surface area contributed by atoms with Gasteiger partial charge in [0.25, 0.3) is 0 Å². The van der Waals surface area contributed by atoms with Gasteiger partial charge in [-0.25, -0.2) is 0 Å². The zero-order valence-corrected chi connectivity index (χ0v) is 10.8. The molecule has 1 aromatic carbocycles. The van der Waals surface area contributed by atoms with Crippen LogP contribution < -0.4 is 11.3 Å². The summed E-state index contributed by atoms with van der Waals surface area (Å²) in [6.07, 6.45) is 2.53. The lowest BCUT2D eigenvalue weighted by Gasteiger charge is -2.33. The topological polar surface area (TPSA) is 38.0 Å². The van der Waals surface area contributed by atoms with E-state index in [0.717, 1.165) is 0 Å². The van der Waals surface area contributed by atoms with Crippen molar-refractivity contribution < 1.29 is 0 Å². The Morgan fingerprint density at radius 2 is 2.31 bits per heavy atom. The number of benzene rings is 1. The van der Waals surface area contributed by atoms with E-state index in [9.17, 15) is 0 Å². The second-order valence-corrected chi connectivity index (χ2v) is 6.41. The highest BCUT2D eigenvalue weighted by molar-refractivity contribution is 8.00. The lowest BCUT2D eigenvalue weighted by molar-refractivity contribution is 0.421. The maximum absolute atomic E-state index is 5.76. The van der Waals surface area contributed by atoms with Gasteiger partial charge in [0, 0.05) is 4.75 Å². The fourth-order valence-electron chi connectivity index (χ4n) is 2.50. The Morgan fingerprint density at radius 1 is 1.50 bits per heavy atom. The van der Waals surface area contributed by atoms with Crippen LogP contribution >= 0.6 is 11.8 Å². The quantitative estimate of drug-likeness (QED) is 0.626. The fraction of sp³-hybridized carbons (Fsp3) is 0.538. The molecule has 2 nitrogen and oxygen atoms in total. The molecule has 0 amide bonds. The van der Waals surface area contributed by atoms with Crippen LogP contribution in [0.5, 0.6) is 0 Å². The summed E-state index contributed by atoms with van der Waals surface area (Å²) in [6, 6.07) is 8.88. The Bertz CT molecular complexity index is 359. The van der Waals surface area contributed by atoms with Crippen LogP contribution in [0.4, 0.5) is 0 Å². The van der Waals surface area contributed by atoms with Crippen molar-refractivity contribution in [2.45, 2.75) is 37.5 Å². The minimum absolute atomic E-state index is 0.239. The Morgan fingerprint density at radius 3 is 2.88 bits per heavy atom. The van der Waals surface area contributed by atoms with E-state index in [1.54, 1.807) is 0 Å². The van der Waals surface area contributed by atoms with E-state index in [0.29, 0.717) is 0 Å². The lowest BCUT2D eigenvalue weighted by Crippen LogP contribution is -2.41. The number of rotatable bonds is 3. The summed E-state index contributed by atoms with van der Waals surface area (Å²) in [5, 5.41) is 0. The molecule has 1 fully saturated rings. The standard InChI is InChI=1S/C13H20N2S/c1-10-5-3-6-11(9-10)12(15-14)13(2)7-4-8-16-13/h3,5-6,9,12,15H,4,7-8,14H2,1-2H3. The van der Waals surface area contributed by atoms with Crippen molar-refractivity contribution in [3.8, 4) is 0 Å². The van der Waals surface area contributed by atoms with Crippen LogP contribution in [0.25, 0.3) is 0 Å². The molecular weight excluding hydrogens is 216 g/mol. The smallest absolute Gasteiger partial charge is 0.0604 e. The van der Waals surface area contributed by atoms with Crippen LogP contribution in [0.15, 0.2) is 24.3 Å². The van der Waals surface area contributed by atoms with Gasteiger partial charge in [-0.1, -0.05) is 29.8 Å². The fourth-order valence-corrected chi connectivity index (χ4v) is 3.92. The van der Waals surface area contributed by atoms with Crippen molar-refractivity contribution in [2.24, 2.45) is 5.84 Å². The molecule has 16 heavy (non-hydrogen) atoms. The molecule has 88 valence electrons. The van der Waals surface area contributed by atoms with Gasteiger partial charge >= 0.3 is 0 Å². The molecular formula is C13H20N2S. The zero-order chi connectivity index (χ0) is 11.6. The van der Waals surface area contributed by atoms with Crippen molar-refractivity contribution in [2.75, 3.05) is 5.75 Å². The minimum Gasteiger partial charge on any atom is -0.271 e. The van der Waals surface area contributed by atoms with Gasteiger partial charge in [0.2, 0.25) is 0 Å². The molecule has 2 rings (SSSR count). The largest absolute Gasteiger partial charge is 0.271 e. The van der Waals surface area contributed by atoms with E-state index in [-0.39, 0.29) is 10.8 Å². The Labute approximate surface area is 102 Å². The van der Waals surface area contributed by atoms with Crippen LogP contribution in [0, 0.1) is 6.92 Å². The van der Waals surface area contributed by atoms with Crippen molar-refractivity contribution in [1.29, 1.82) is 0 Å². The maximum Gasteiger partial charge on any atom is 0.0604 e. The Hall–Kier alpha value is -0.510. The van der Waals surface area contributed by atoms with Gasteiger partial charge < -0.3 is 0 Å². The van der Waals surface area contributed by atoms with Gasteiger partial charge in [0.05, 0.1) is 6.04 Å². The molecule has 0 aromatic heterocycles. The summed E-state index contributed by atoms with van der Waals surface area (Å²) < 4.78 is 0.239. The van der Waals surface area contributed by atoms with E-state index in [1.165, 1.54) is 29.7 Å². The number of hydrazine groups is 1. The predicted octanol–water partition coefficient (Wildman–Crippen LogP) is 2.79. The molecule has 1 saturated heterocycles. The molecule has 3 N–H and O–H groups in total. The van der Waals surface area contributed by atoms with Gasteiger partial charge in [-0.2, -0.15) is 11.8 Å². The second kappa shape index (κ2) is 4.78. The molecule has 3 heteroatoms. The van der Waals surface area contributed by atoms with Gasteiger partial charge in [0.1, 0.15) is 0 Å². The predicted molar refractivity (Wildman–Crippen MR) is 71.3 cm³/mol. The summed E-state index contributed by atoms with van der Waals surface area (Å²) >= 11 is 2.04. The normalized spacial score (nSPS) is 26.9. The van der Waals surface area contributed by atoms with Crippen LogP contribution in [-0.4, -0.2) is 10.5 Å².